The Kier molecular flexibility index (Phi) is 6.01. The molecule has 1 amide bonds. The number of ether oxygens (including phenoxy) is 1. The number of piperazine rings is 1. The van der Waals surface area contributed by atoms with Gasteiger partial charge in [-0.1, -0.05) is 12.1 Å². The molecule has 1 aliphatic heterocycles. The van der Waals surface area contributed by atoms with Gasteiger partial charge in [0.2, 0.25) is 5.95 Å². The van der Waals surface area contributed by atoms with Crippen molar-refractivity contribution in [3.8, 4) is 5.75 Å². The van der Waals surface area contributed by atoms with Gasteiger partial charge in [-0.3, -0.25) is 4.79 Å². The summed E-state index contributed by atoms with van der Waals surface area (Å²) in [6.07, 6.45) is 2.45. The molecule has 1 saturated heterocycles. The van der Waals surface area contributed by atoms with Crippen LogP contribution in [0.4, 0.5) is 5.95 Å². The maximum absolute atomic E-state index is 12.6. The highest BCUT2D eigenvalue weighted by Crippen LogP contribution is 2.13. The van der Waals surface area contributed by atoms with Crippen molar-refractivity contribution in [1.29, 1.82) is 0 Å². The number of carbonyl (C=O) groups excluding carboxylic acids is 1. The van der Waals surface area contributed by atoms with E-state index in [0.717, 1.165) is 38.3 Å². The molecule has 1 aliphatic rings. The molecular formula is C19H25N5O2. The normalized spacial score (nSPS) is 14.9. The monoisotopic (exact) mass is 355 g/mol. The molecule has 0 radical (unpaired) electrons. The molecule has 2 heterocycles. The summed E-state index contributed by atoms with van der Waals surface area (Å²) in [6.45, 7) is 3.93. The van der Waals surface area contributed by atoms with Gasteiger partial charge in [0.1, 0.15) is 11.4 Å². The minimum atomic E-state index is -0.0312. The average Bonchev–Trinajstić information content (AvgIpc) is 2.68. The van der Waals surface area contributed by atoms with E-state index in [4.69, 9.17) is 4.74 Å². The molecule has 7 heteroatoms. The van der Waals surface area contributed by atoms with Crippen molar-refractivity contribution in [3.63, 3.8) is 0 Å². The number of nitrogens with zero attached hydrogens (tertiary/aromatic N) is 4. The Morgan fingerprint density at radius 1 is 1.23 bits per heavy atom. The highest BCUT2D eigenvalue weighted by Gasteiger charge is 2.21. The lowest BCUT2D eigenvalue weighted by atomic mass is 10.1. The van der Waals surface area contributed by atoms with Crippen LogP contribution in [-0.2, 0) is 6.42 Å². The number of hydrogen-bond donors (Lipinski definition) is 1. The summed E-state index contributed by atoms with van der Waals surface area (Å²) in [6, 6.07) is 9.63. The fourth-order valence-electron chi connectivity index (χ4n) is 2.88. The van der Waals surface area contributed by atoms with Crippen molar-refractivity contribution in [2.45, 2.75) is 6.42 Å². The number of anilines is 1. The summed E-state index contributed by atoms with van der Waals surface area (Å²) in [5.41, 5.74) is 1.61. The van der Waals surface area contributed by atoms with Gasteiger partial charge < -0.3 is 19.9 Å². The van der Waals surface area contributed by atoms with Crippen LogP contribution in [-0.4, -0.2) is 72.6 Å². The molecule has 0 bridgehead atoms. The van der Waals surface area contributed by atoms with Gasteiger partial charge in [-0.25, -0.2) is 9.97 Å². The smallest absolute Gasteiger partial charge is 0.272 e. The number of rotatable bonds is 6. The lowest BCUT2D eigenvalue weighted by Crippen LogP contribution is -2.47. The van der Waals surface area contributed by atoms with E-state index in [2.05, 4.69) is 33.3 Å². The third kappa shape index (κ3) is 4.70. The maximum Gasteiger partial charge on any atom is 0.272 e. The van der Waals surface area contributed by atoms with Crippen LogP contribution >= 0.6 is 0 Å². The molecular weight excluding hydrogens is 330 g/mol. The first-order valence-electron chi connectivity index (χ1n) is 8.83. The Labute approximate surface area is 154 Å². The van der Waals surface area contributed by atoms with Crippen molar-refractivity contribution in [3.05, 3.63) is 47.8 Å². The minimum Gasteiger partial charge on any atom is -0.497 e. The Balaban J connectivity index is 1.56. The van der Waals surface area contributed by atoms with E-state index in [1.54, 1.807) is 19.4 Å². The number of hydrogen-bond acceptors (Lipinski definition) is 6. The number of likely N-dealkylation sites (N-methyl/N-ethyl adjacent to an activating group) is 1. The zero-order valence-corrected chi connectivity index (χ0v) is 15.3. The van der Waals surface area contributed by atoms with E-state index < -0.39 is 0 Å². The second kappa shape index (κ2) is 8.62. The lowest BCUT2D eigenvalue weighted by molar-refractivity contribution is 0.0658. The van der Waals surface area contributed by atoms with E-state index in [9.17, 15) is 4.79 Å². The molecule has 7 nitrogen and oxygen atoms in total. The molecule has 3 rings (SSSR count). The third-order valence-corrected chi connectivity index (χ3v) is 4.50. The van der Waals surface area contributed by atoms with E-state index in [1.807, 2.05) is 23.1 Å². The predicted octanol–water partition coefficient (Wildman–Crippen LogP) is 1.53. The second-order valence-corrected chi connectivity index (χ2v) is 6.39. The Morgan fingerprint density at radius 2 is 2.04 bits per heavy atom. The minimum absolute atomic E-state index is 0.0312. The van der Waals surface area contributed by atoms with Gasteiger partial charge in [0.05, 0.1) is 7.11 Å². The average molecular weight is 355 g/mol. The van der Waals surface area contributed by atoms with Gasteiger partial charge in [-0.15, -0.1) is 0 Å². The van der Waals surface area contributed by atoms with Gasteiger partial charge in [-0.05, 0) is 37.2 Å². The van der Waals surface area contributed by atoms with Crippen LogP contribution in [0, 0.1) is 0 Å². The van der Waals surface area contributed by atoms with Crippen LogP contribution in [0.2, 0.25) is 0 Å². The number of carbonyl (C=O) groups is 1. The summed E-state index contributed by atoms with van der Waals surface area (Å²) in [4.78, 5) is 25.3. The topological polar surface area (TPSA) is 70.6 Å². The molecule has 2 aromatic rings. The molecule has 1 N–H and O–H groups in total. The lowest BCUT2D eigenvalue weighted by Gasteiger charge is -2.32. The second-order valence-electron chi connectivity index (χ2n) is 6.39. The van der Waals surface area contributed by atoms with E-state index in [1.165, 1.54) is 5.56 Å². The van der Waals surface area contributed by atoms with Gasteiger partial charge >= 0.3 is 0 Å². The van der Waals surface area contributed by atoms with E-state index >= 15 is 0 Å². The summed E-state index contributed by atoms with van der Waals surface area (Å²) in [5, 5.41) is 3.19. The highest BCUT2D eigenvalue weighted by atomic mass is 16.5. The molecule has 1 aromatic heterocycles. The summed E-state index contributed by atoms with van der Waals surface area (Å²) >= 11 is 0. The van der Waals surface area contributed by atoms with Crippen molar-refractivity contribution in [2.24, 2.45) is 0 Å². The van der Waals surface area contributed by atoms with Crippen LogP contribution in [0.5, 0.6) is 5.75 Å². The van der Waals surface area contributed by atoms with Gasteiger partial charge in [0, 0.05) is 38.9 Å². The predicted molar refractivity (Wildman–Crippen MR) is 101 cm³/mol. The van der Waals surface area contributed by atoms with Crippen molar-refractivity contribution in [1.82, 2.24) is 19.8 Å². The van der Waals surface area contributed by atoms with Crippen molar-refractivity contribution >= 4 is 11.9 Å². The summed E-state index contributed by atoms with van der Waals surface area (Å²) in [7, 11) is 3.73. The van der Waals surface area contributed by atoms with Crippen LogP contribution in [0.3, 0.4) is 0 Å². The first kappa shape index (κ1) is 18.1. The fourth-order valence-corrected chi connectivity index (χ4v) is 2.88. The van der Waals surface area contributed by atoms with Crippen molar-refractivity contribution < 1.29 is 9.53 Å². The van der Waals surface area contributed by atoms with Crippen molar-refractivity contribution in [2.75, 3.05) is 52.2 Å². The number of nitrogens with one attached hydrogen (secondary N) is 1. The molecule has 0 spiro atoms. The molecule has 0 aliphatic carbocycles. The van der Waals surface area contributed by atoms with Gasteiger partial charge in [0.25, 0.3) is 5.91 Å². The molecule has 138 valence electrons. The van der Waals surface area contributed by atoms with Crippen LogP contribution in [0.25, 0.3) is 0 Å². The quantitative estimate of drug-likeness (QED) is 0.847. The van der Waals surface area contributed by atoms with E-state index in [0.29, 0.717) is 18.2 Å². The highest BCUT2D eigenvalue weighted by molar-refractivity contribution is 5.92. The largest absolute Gasteiger partial charge is 0.497 e. The fraction of sp³-hybridized carbons (Fsp3) is 0.421. The molecule has 0 atom stereocenters. The van der Waals surface area contributed by atoms with Gasteiger partial charge in [-0.2, -0.15) is 0 Å². The number of aromatic nitrogens is 2. The van der Waals surface area contributed by atoms with Crippen LogP contribution < -0.4 is 10.1 Å². The van der Waals surface area contributed by atoms with Gasteiger partial charge in [0.15, 0.2) is 0 Å². The zero-order chi connectivity index (χ0) is 18.4. The first-order chi connectivity index (χ1) is 12.7. The van der Waals surface area contributed by atoms with Crippen LogP contribution in [0.15, 0.2) is 36.5 Å². The van der Waals surface area contributed by atoms with Crippen LogP contribution in [0.1, 0.15) is 16.1 Å². The molecule has 1 fully saturated rings. The first-order valence-corrected chi connectivity index (χ1v) is 8.83. The standard InChI is InChI=1S/C19H25N5O2/c1-23-10-12-24(13-11-23)18(25)17-7-9-21-19(22-17)20-8-6-15-4-3-5-16(14-15)26-2/h3-5,7,9,14H,6,8,10-13H2,1-2H3,(H,20,21,22). The molecule has 26 heavy (non-hydrogen) atoms. The molecule has 0 saturated carbocycles. The summed E-state index contributed by atoms with van der Waals surface area (Å²) < 4.78 is 5.24. The summed E-state index contributed by atoms with van der Waals surface area (Å²) in [5.74, 6) is 1.29. The molecule has 0 unspecified atom stereocenters. The zero-order valence-electron chi connectivity index (χ0n) is 15.3. The Hall–Kier alpha value is -2.67. The Morgan fingerprint density at radius 3 is 2.81 bits per heavy atom. The number of benzene rings is 1. The van der Waals surface area contributed by atoms with E-state index in [-0.39, 0.29) is 5.91 Å². The number of methoxy groups -OCH3 is 1. The maximum atomic E-state index is 12.6. The Bertz CT molecular complexity index is 744. The number of amides is 1. The SMILES string of the molecule is COc1cccc(CCNc2nccc(C(=O)N3CCN(C)CC3)n2)c1. The molecule has 1 aromatic carbocycles. The third-order valence-electron chi connectivity index (χ3n) is 4.50.